The number of hydrogen-bond donors (Lipinski definition) is 2. The molecule has 0 radical (unpaired) electrons. The number of rotatable bonds is 6. The summed E-state index contributed by atoms with van der Waals surface area (Å²) in [6.07, 6.45) is 5.04. The summed E-state index contributed by atoms with van der Waals surface area (Å²) >= 11 is 0. The number of ether oxygens (including phenoxy) is 1. The minimum absolute atomic E-state index is 0.0113. The Labute approximate surface area is 145 Å². The summed E-state index contributed by atoms with van der Waals surface area (Å²) in [5, 5.41) is 5.84. The molecule has 130 valence electrons. The monoisotopic (exact) mass is 340 g/mol. The number of carbonyl (C=O) groups is 2. The average molecular weight is 340 g/mol. The number of anilines is 2. The van der Waals surface area contributed by atoms with Gasteiger partial charge in [-0.05, 0) is 31.9 Å². The molecule has 3 rings (SSSR count). The van der Waals surface area contributed by atoms with E-state index in [1.165, 1.54) is 19.3 Å². The molecule has 2 aromatic rings. The summed E-state index contributed by atoms with van der Waals surface area (Å²) in [5.74, 6) is 0.125. The van der Waals surface area contributed by atoms with Crippen molar-refractivity contribution >= 4 is 23.3 Å². The summed E-state index contributed by atoms with van der Waals surface area (Å²) in [7, 11) is 0. The van der Waals surface area contributed by atoms with E-state index < -0.39 is 0 Å². The Hall–Kier alpha value is -2.80. The van der Waals surface area contributed by atoms with E-state index >= 15 is 0 Å². The number of nitrogens with one attached hydrogen (secondary N) is 2. The van der Waals surface area contributed by atoms with Crippen molar-refractivity contribution in [1.29, 1.82) is 0 Å². The van der Waals surface area contributed by atoms with Gasteiger partial charge in [-0.1, -0.05) is 12.1 Å². The first-order valence-corrected chi connectivity index (χ1v) is 8.22. The Morgan fingerprint density at radius 2 is 2.04 bits per heavy atom. The van der Waals surface area contributed by atoms with Crippen LogP contribution in [-0.4, -0.2) is 40.9 Å². The highest BCUT2D eigenvalue weighted by Gasteiger charge is 2.17. The van der Waals surface area contributed by atoms with Crippen molar-refractivity contribution in [3.8, 4) is 0 Å². The van der Waals surface area contributed by atoms with Crippen molar-refractivity contribution in [1.82, 2.24) is 15.3 Å². The number of ketones is 1. The highest BCUT2D eigenvalue weighted by molar-refractivity contribution is 5.95. The summed E-state index contributed by atoms with van der Waals surface area (Å²) in [6, 6.07) is 7.08. The van der Waals surface area contributed by atoms with Crippen molar-refractivity contribution in [3.63, 3.8) is 0 Å². The van der Waals surface area contributed by atoms with Crippen molar-refractivity contribution < 1.29 is 14.3 Å². The molecule has 0 bridgehead atoms. The summed E-state index contributed by atoms with van der Waals surface area (Å²) in [4.78, 5) is 31.8. The molecule has 1 amide bonds. The second-order valence-corrected chi connectivity index (χ2v) is 5.90. The zero-order valence-electron chi connectivity index (χ0n) is 14.0. The van der Waals surface area contributed by atoms with Crippen LogP contribution in [0.5, 0.6) is 0 Å². The number of Topliss-reactive ketones (excluding diaryl/α,β-unsaturated/α-hetero) is 1. The normalized spacial score (nSPS) is 16.4. The number of carbonyl (C=O) groups excluding carboxylic acids is 2. The molecule has 2 N–H and O–H groups in total. The molecule has 1 aliphatic rings. The number of amides is 1. The molecule has 2 heterocycles. The largest absolute Gasteiger partial charge is 0.376 e. The smallest absolute Gasteiger partial charge is 0.254 e. The predicted octanol–water partition coefficient (Wildman–Crippen LogP) is 2.33. The van der Waals surface area contributed by atoms with Gasteiger partial charge in [-0.2, -0.15) is 0 Å². The van der Waals surface area contributed by atoms with E-state index in [0.717, 1.165) is 19.4 Å². The molecule has 0 spiro atoms. The van der Waals surface area contributed by atoms with Crippen LogP contribution < -0.4 is 10.6 Å². The number of benzene rings is 1. The predicted molar refractivity (Wildman–Crippen MR) is 93.1 cm³/mol. The maximum atomic E-state index is 12.1. The minimum Gasteiger partial charge on any atom is -0.376 e. The van der Waals surface area contributed by atoms with Gasteiger partial charge in [-0.3, -0.25) is 9.59 Å². The molecule has 25 heavy (non-hydrogen) atoms. The SMILES string of the molecule is CC(=O)c1cccc(Nc2ncc(C(=O)NCC3CCCO3)cn2)c1. The molecule has 1 aromatic heterocycles. The molecule has 1 aliphatic heterocycles. The van der Waals surface area contributed by atoms with Crippen LogP contribution in [0.3, 0.4) is 0 Å². The van der Waals surface area contributed by atoms with Crippen LogP contribution in [-0.2, 0) is 4.74 Å². The molecule has 7 nitrogen and oxygen atoms in total. The van der Waals surface area contributed by atoms with Gasteiger partial charge in [0.25, 0.3) is 5.91 Å². The highest BCUT2D eigenvalue weighted by Crippen LogP contribution is 2.15. The van der Waals surface area contributed by atoms with Crippen molar-refractivity contribution in [2.45, 2.75) is 25.9 Å². The van der Waals surface area contributed by atoms with Gasteiger partial charge in [0.2, 0.25) is 5.95 Å². The van der Waals surface area contributed by atoms with Crippen LogP contribution in [0.4, 0.5) is 11.6 Å². The van der Waals surface area contributed by atoms with E-state index in [-0.39, 0.29) is 17.8 Å². The lowest BCUT2D eigenvalue weighted by molar-refractivity contribution is 0.0857. The number of aromatic nitrogens is 2. The van der Waals surface area contributed by atoms with Crippen LogP contribution in [0.1, 0.15) is 40.5 Å². The number of hydrogen-bond acceptors (Lipinski definition) is 6. The molecule has 1 unspecified atom stereocenters. The molecule has 1 aromatic carbocycles. The minimum atomic E-state index is -0.222. The fourth-order valence-corrected chi connectivity index (χ4v) is 2.57. The van der Waals surface area contributed by atoms with Crippen LogP contribution in [0.25, 0.3) is 0 Å². The average Bonchev–Trinajstić information content (AvgIpc) is 3.14. The summed E-state index contributed by atoms with van der Waals surface area (Å²) in [6.45, 7) is 2.77. The van der Waals surface area contributed by atoms with Crippen LogP contribution >= 0.6 is 0 Å². The molecule has 7 heteroatoms. The Morgan fingerprint density at radius 1 is 1.24 bits per heavy atom. The van der Waals surface area contributed by atoms with Crippen LogP contribution in [0.15, 0.2) is 36.7 Å². The third-order valence-corrected chi connectivity index (χ3v) is 3.95. The van der Waals surface area contributed by atoms with Gasteiger partial charge in [0.05, 0.1) is 11.7 Å². The van der Waals surface area contributed by atoms with Gasteiger partial charge in [0.15, 0.2) is 5.78 Å². The Balaban J connectivity index is 1.58. The molecule has 1 saturated heterocycles. The van der Waals surface area contributed by atoms with E-state index in [1.807, 2.05) is 6.07 Å². The van der Waals surface area contributed by atoms with Crippen molar-refractivity contribution in [3.05, 3.63) is 47.8 Å². The maximum absolute atomic E-state index is 12.1. The van der Waals surface area contributed by atoms with E-state index in [9.17, 15) is 9.59 Å². The van der Waals surface area contributed by atoms with E-state index in [2.05, 4.69) is 20.6 Å². The molecule has 0 saturated carbocycles. The highest BCUT2D eigenvalue weighted by atomic mass is 16.5. The lowest BCUT2D eigenvalue weighted by atomic mass is 10.1. The Morgan fingerprint density at radius 3 is 2.72 bits per heavy atom. The van der Waals surface area contributed by atoms with Gasteiger partial charge in [-0.25, -0.2) is 9.97 Å². The molecule has 1 atom stereocenters. The first-order valence-electron chi connectivity index (χ1n) is 8.22. The van der Waals surface area contributed by atoms with Gasteiger partial charge in [0.1, 0.15) is 0 Å². The summed E-state index contributed by atoms with van der Waals surface area (Å²) in [5.41, 5.74) is 1.71. The first-order chi connectivity index (χ1) is 12.1. The molecule has 1 fully saturated rings. The van der Waals surface area contributed by atoms with E-state index in [4.69, 9.17) is 4.74 Å². The lowest BCUT2D eigenvalue weighted by Crippen LogP contribution is -2.31. The van der Waals surface area contributed by atoms with Crippen molar-refractivity contribution in [2.24, 2.45) is 0 Å². The summed E-state index contributed by atoms with van der Waals surface area (Å²) < 4.78 is 5.47. The van der Waals surface area contributed by atoms with Gasteiger partial charge in [0, 0.05) is 36.8 Å². The zero-order valence-corrected chi connectivity index (χ0v) is 14.0. The fraction of sp³-hybridized carbons (Fsp3) is 0.333. The third-order valence-electron chi connectivity index (χ3n) is 3.95. The number of nitrogens with zero attached hydrogens (tertiary/aromatic N) is 2. The second kappa shape index (κ2) is 7.85. The lowest BCUT2D eigenvalue weighted by Gasteiger charge is -2.11. The van der Waals surface area contributed by atoms with E-state index in [0.29, 0.717) is 29.3 Å². The van der Waals surface area contributed by atoms with Gasteiger partial charge < -0.3 is 15.4 Å². The fourth-order valence-electron chi connectivity index (χ4n) is 2.57. The van der Waals surface area contributed by atoms with E-state index in [1.54, 1.807) is 18.2 Å². The Bertz CT molecular complexity index is 755. The molecular weight excluding hydrogens is 320 g/mol. The second-order valence-electron chi connectivity index (χ2n) is 5.90. The standard InChI is InChI=1S/C18H20N4O3/c1-12(23)13-4-2-5-15(8-13)22-18-20-9-14(10-21-18)17(24)19-11-16-6-3-7-25-16/h2,4-5,8-10,16H,3,6-7,11H2,1H3,(H,19,24)(H,20,21,22). The third kappa shape index (κ3) is 4.60. The topological polar surface area (TPSA) is 93.2 Å². The van der Waals surface area contributed by atoms with Crippen LogP contribution in [0.2, 0.25) is 0 Å². The zero-order chi connectivity index (χ0) is 17.6. The quantitative estimate of drug-likeness (QED) is 0.784. The Kier molecular flexibility index (Phi) is 5.35. The maximum Gasteiger partial charge on any atom is 0.254 e. The van der Waals surface area contributed by atoms with Crippen molar-refractivity contribution in [2.75, 3.05) is 18.5 Å². The van der Waals surface area contributed by atoms with Gasteiger partial charge >= 0.3 is 0 Å². The molecular formula is C18H20N4O3. The van der Waals surface area contributed by atoms with Gasteiger partial charge in [-0.15, -0.1) is 0 Å². The molecule has 0 aliphatic carbocycles. The van der Waals surface area contributed by atoms with Crippen LogP contribution in [0, 0.1) is 0 Å². The first kappa shape index (κ1) is 17.0.